The molecule has 0 spiro atoms. The van der Waals surface area contributed by atoms with Crippen molar-refractivity contribution in [3.05, 3.63) is 0 Å². The van der Waals surface area contributed by atoms with Crippen LogP contribution >= 0.6 is 11.8 Å². The molecule has 0 aromatic heterocycles. The molecule has 0 saturated heterocycles. The zero-order valence-corrected chi connectivity index (χ0v) is 11.0. The van der Waals surface area contributed by atoms with Crippen molar-refractivity contribution in [3.8, 4) is 0 Å². The Kier molecular flexibility index (Phi) is 10.9. The highest BCUT2D eigenvalue weighted by Crippen LogP contribution is 2.14. The van der Waals surface area contributed by atoms with Crippen LogP contribution in [-0.2, 0) is 4.74 Å². The molecule has 2 unspecified atom stereocenters. The van der Waals surface area contributed by atoms with Gasteiger partial charge in [0, 0.05) is 30.8 Å². The number of ether oxygens (including phenoxy) is 1. The first kappa shape index (κ1) is 15.2. The lowest BCUT2D eigenvalue weighted by atomic mass is 10.3. The van der Waals surface area contributed by atoms with Crippen molar-refractivity contribution in [2.75, 3.05) is 32.6 Å². The van der Waals surface area contributed by atoms with Gasteiger partial charge in [-0.25, -0.2) is 0 Å². The summed E-state index contributed by atoms with van der Waals surface area (Å²) in [5.74, 6) is 1.05. The maximum absolute atomic E-state index is 8.79. The third kappa shape index (κ3) is 9.18. The van der Waals surface area contributed by atoms with Gasteiger partial charge < -0.3 is 15.2 Å². The summed E-state index contributed by atoms with van der Waals surface area (Å²) in [6.45, 7) is 6.41. The van der Waals surface area contributed by atoms with Gasteiger partial charge in [-0.2, -0.15) is 11.8 Å². The van der Waals surface area contributed by atoms with E-state index in [0.717, 1.165) is 31.7 Å². The van der Waals surface area contributed by atoms with Gasteiger partial charge in [-0.3, -0.25) is 0 Å². The predicted molar refractivity (Wildman–Crippen MR) is 67.6 cm³/mol. The molecule has 92 valence electrons. The van der Waals surface area contributed by atoms with Gasteiger partial charge in [0.15, 0.2) is 0 Å². The lowest BCUT2D eigenvalue weighted by molar-refractivity contribution is 0.174. The molecule has 2 atom stereocenters. The van der Waals surface area contributed by atoms with E-state index >= 15 is 0 Å². The number of thioether (sulfide) groups is 1. The first-order valence-corrected chi connectivity index (χ1v) is 6.74. The molecule has 0 aliphatic rings. The van der Waals surface area contributed by atoms with Crippen molar-refractivity contribution >= 4 is 11.8 Å². The number of hydrogen-bond acceptors (Lipinski definition) is 4. The zero-order valence-electron chi connectivity index (χ0n) is 10.2. The molecule has 0 aromatic carbocycles. The van der Waals surface area contributed by atoms with E-state index in [-0.39, 0.29) is 6.61 Å². The quantitative estimate of drug-likeness (QED) is 0.602. The van der Waals surface area contributed by atoms with Gasteiger partial charge in [0.25, 0.3) is 0 Å². The van der Waals surface area contributed by atoms with Crippen LogP contribution in [0.2, 0.25) is 0 Å². The molecule has 15 heavy (non-hydrogen) atoms. The van der Waals surface area contributed by atoms with Crippen LogP contribution in [0.5, 0.6) is 0 Å². The van der Waals surface area contributed by atoms with Crippen LogP contribution in [0.4, 0.5) is 0 Å². The van der Waals surface area contributed by atoms with Crippen LogP contribution in [0.1, 0.15) is 26.7 Å². The number of hydrogen-bond donors (Lipinski definition) is 2. The van der Waals surface area contributed by atoms with E-state index in [4.69, 9.17) is 9.84 Å². The average Bonchev–Trinajstić information content (AvgIpc) is 2.22. The number of aliphatic hydroxyl groups excluding tert-OH is 1. The lowest BCUT2D eigenvalue weighted by Gasteiger charge is -2.19. The summed E-state index contributed by atoms with van der Waals surface area (Å²) in [4.78, 5) is 0. The van der Waals surface area contributed by atoms with E-state index in [0.29, 0.717) is 11.3 Å². The van der Waals surface area contributed by atoms with Gasteiger partial charge in [0.2, 0.25) is 0 Å². The second kappa shape index (κ2) is 10.7. The monoisotopic (exact) mass is 235 g/mol. The molecule has 0 amide bonds. The molecule has 4 heteroatoms. The Labute approximate surface area is 98.0 Å². The van der Waals surface area contributed by atoms with Crippen LogP contribution in [0.15, 0.2) is 0 Å². The molecule has 0 aliphatic heterocycles. The predicted octanol–water partition coefficient (Wildman–Crippen LogP) is 1.51. The Bertz CT molecular complexity index is 136. The Hall–Kier alpha value is 0.230. The summed E-state index contributed by atoms with van der Waals surface area (Å²) in [6, 6.07) is 0.432. The van der Waals surface area contributed by atoms with Gasteiger partial charge in [-0.1, -0.05) is 13.8 Å². The lowest BCUT2D eigenvalue weighted by Crippen LogP contribution is -2.36. The highest BCUT2D eigenvalue weighted by atomic mass is 32.2. The van der Waals surface area contributed by atoms with Gasteiger partial charge in [-0.05, 0) is 19.4 Å². The van der Waals surface area contributed by atoms with Crippen molar-refractivity contribution in [3.63, 3.8) is 0 Å². The summed E-state index contributed by atoms with van der Waals surface area (Å²) in [7, 11) is 1.74. The Morgan fingerprint density at radius 3 is 2.73 bits per heavy atom. The molecule has 2 N–H and O–H groups in total. The second-order valence-corrected chi connectivity index (χ2v) is 5.23. The largest absolute Gasteiger partial charge is 0.396 e. The van der Waals surface area contributed by atoms with Crippen LogP contribution in [0.3, 0.4) is 0 Å². The van der Waals surface area contributed by atoms with Gasteiger partial charge in [-0.15, -0.1) is 0 Å². The van der Waals surface area contributed by atoms with E-state index in [1.54, 1.807) is 7.11 Å². The fourth-order valence-electron chi connectivity index (χ4n) is 1.26. The minimum absolute atomic E-state index is 0.283. The Morgan fingerprint density at radius 1 is 1.47 bits per heavy atom. The standard InChI is InChI=1S/C11H25NO2S/c1-4-6-12-11(8-14-3)9-15-10(2)5-7-13/h10-13H,4-9H2,1-3H3. The molecular weight excluding hydrogens is 210 g/mol. The summed E-state index contributed by atoms with van der Waals surface area (Å²) in [5, 5.41) is 12.8. The van der Waals surface area contributed by atoms with Crippen molar-refractivity contribution in [2.24, 2.45) is 0 Å². The molecule has 0 aliphatic carbocycles. The smallest absolute Gasteiger partial charge is 0.0623 e. The maximum atomic E-state index is 8.79. The summed E-state index contributed by atoms with van der Waals surface area (Å²) in [6.07, 6.45) is 2.02. The van der Waals surface area contributed by atoms with E-state index in [1.807, 2.05) is 11.8 Å². The number of nitrogens with one attached hydrogen (secondary N) is 1. The molecule has 0 heterocycles. The van der Waals surface area contributed by atoms with Crippen LogP contribution in [0.25, 0.3) is 0 Å². The number of methoxy groups -OCH3 is 1. The normalized spacial score (nSPS) is 15.2. The molecule has 0 fully saturated rings. The van der Waals surface area contributed by atoms with Gasteiger partial charge in [0.05, 0.1) is 6.61 Å². The molecule has 0 bridgehead atoms. The average molecular weight is 235 g/mol. The van der Waals surface area contributed by atoms with Crippen molar-refractivity contribution in [1.82, 2.24) is 5.32 Å². The highest BCUT2D eigenvalue weighted by Gasteiger charge is 2.10. The van der Waals surface area contributed by atoms with E-state index in [9.17, 15) is 0 Å². The topological polar surface area (TPSA) is 41.5 Å². The summed E-state index contributed by atoms with van der Waals surface area (Å²) >= 11 is 1.90. The van der Waals surface area contributed by atoms with Crippen molar-refractivity contribution in [1.29, 1.82) is 0 Å². The SMILES string of the molecule is CCCNC(COC)CSC(C)CCO. The first-order chi connectivity index (χ1) is 7.24. The molecular formula is C11H25NO2S. The van der Waals surface area contributed by atoms with Crippen LogP contribution in [0, 0.1) is 0 Å². The number of aliphatic hydroxyl groups is 1. The molecule has 3 nitrogen and oxygen atoms in total. The fraction of sp³-hybridized carbons (Fsp3) is 1.00. The van der Waals surface area contributed by atoms with E-state index in [2.05, 4.69) is 19.2 Å². The molecule has 0 aromatic rings. The van der Waals surface area contributed by atoms with E-state index in [1.165, 1.54) is 0 Å². The highest BCUT2D eigenvalue weighted by molar-refractivity contribution is 7.99. The summed E-state index contributed by atoms with van der Waals surface area (Å²) in [5.41, 5.74) is 0. The van der Waals surface area contributed by atoms with Crippen LogP contribution < -0.4 is 5.32 Å². The van der Waals surface area contributed by atoms with Crippen LogP contribution in [-0.4, -0.2) is 49.0 Å². The van der Waals surface area contributed by atoms with Crippen molar-refractivity contribution < 1.29 is 9.84 Å². The fourth-order valence-corrected chi connectivity index (χ4v) is 2.31. The van der Waals surface area contributed by atoms with Crippen molar-refractivity contribution in [2.45, 2.75) is 38.0 Å². The van der Waals surface area contributed by atoms with Gasteiger partial charge in [0.1, 0.15) is 0 Å². The molecule has 0 radical (unpaired) electrons. The summed E-state index contributed by atoms with van der Waals surface area (Å²) < 4.78 is 5.17. The third-order valence-electron chi connectivity index (χ3n) is 2.17. The van der Waals surface area contributed by atoms with Gasteiger partial charge >= 0.3 is 0 Å². The molecule has 0 saturated carbocycles. The minimum Gasteiger partial charge on any atom is -0.396 e. The second-order valence-electron chi connectivity index (χ2n) is 3.76. The molecule has 0 rings (SSSR count). The zero-order chi connectivity index (χ0) is 11.5. The van der Waals surface area contributed by atoms with E-state index < -0.39 is 0 Å². The third-order valence-corrected chi connectivity index (χ3v) is 3.57. The minimum atomic E-state index is 0.283. The Balaban J connectivity index is 3.63. The first-order valence-electron chi connectivity index (χ1n) is 5.69. The number of rotatable bonds is 10. The maximum Gasteiger partial charge on any atom is 0.0623 e. The Morgan fingerprint density at radius 2 is 2.20 bits per heavy atom.